The van der Waals surface area contributed by atoms with Gasteiger partial charge in [0, 0.05) is 21.8 Å². The highest BCUT2D eigenvalue weighted by Crippen LogP contribution is 2.58. The van der Waals surface area contributed by atoms with Gasteiger partial charge in [0.15, 0.2) is 0 Å². The Morgan fingerprint density at radius 2 is 0.947 bits per heavy atom. The zero-order chi connectivity index (χ0) is 25.1. The van der Waals surface area contributed by atoms with Crippen LogP contribution in [0, 0.1) is 0 Å². The van der Waals surface area contributed by atoms with Crippen molar-refractivity contribution in [3.8, 4) is 0 Å². The number of nitrogens with zero attached hydrogens (tertiary/aromatic N) is 3. The lowest BCUT2D eigenvalue weighted by molar-refractivity contribution is 1.18. The molecule has 2 heterocycles. The minimum Gasteiger partial charge on any atom is -0.306 e. The molecule has 0 spiro atoms. The van der Waals surface area contributed by atoms with Crippen molar-refractivity contribution in [3.63, 3.8) is 0 Å². The van der Waals surface area contributed by atoms with Crippen molar-refractivity contribution in [1.29, 1.82) is 0 Å². The zero-order valence-electron chi connectivity index (χ0n) is 20.6. The van der Waals surface area contributed by atoms with E-state index < -0.39 is 0 Å². The van der Waals surface area contributed by atoms with E-state index in [1.54, 1.807) is 0 Å². The summed E-state index contributed by atoms with van der Waals surface area (Å²) in [6.45, 7) is 0. The SMILES string of the molecule is c1ccc(N2c3ccc4ccccc4c3N(c3cnc4ccccc4c3)c3ccc4ccccc4c32)cc1. The van der Waals surface area contributed by atoms with Crippen molar-refractivity contribution in [2.45, 2.75) is 0 Å². The van der Waals surface area contributed by atoms with Crippen LogP contribution in [0.25, 0.3) is 32.4 Å². The van der Waals surface area contributed by atoms with Crippen molar-refractivity contribution in [2.24, 2.45) is 0 Å². The van der Waals surface area contributed by atoms with E-state index in [0.29, 0.717) is 0 Å². The second kappa shape index (κ2) is 8.19. The largest absolute Gasteiger partial charge is 0.306 e. The first-order valence-electron chi connectivity index (χ1n) is 12.9. The first-order valence-corrected chi connectivity index (χ1v) is 12.9. The number of hydrogen-bond donors (Lipinski definition) is 0. The number of pyridine rings is 1. The second-order valence-electron chi connectivity index (χ2n) is 9.70. The maximum Gasteiger partial charge on any atom is 0.0782 e. The predicted octanol–water partition coefficient (Wildman–Crippen LogP) is 9.79. The molecular weight excluding hydrogens is 462 g/mol. The number of aromatic nitrogens is 1. The molecule has 6 aromatic carbocycles. The molecule has 0 amide bonds. The van der Waals surface area contributed by atoms with Gasteiger partial charge in [-0.15, -0.1) is 0 Å². The first-order chi connectivity index (χ1) is 18.9. The molecule has 0 saturated heterocycles. The number of fused-ring (bicyclic) bond motifs is 7. The molecule has 7 aromatic rings. The summed E-state index contributed by atoms with van der Waals surface area (Å²) in [6.07, 6.45) is 2.00. The lowest BCUT2D eigenvalue weighted by Gasteiger charge is -2.41. The molecule has 0 saturated carbocycles. The van der Waals surface area contributed by atoms with E-state index in [1.165, 1.54) is 27.2 Å². The van der Waals surface area contributed by atoms with Gasteiger partial charge in [0.05, 0.1) is 40.2 Å². The van der Waals surface area contributed by atoms with Crippen LogP contribution in [-0.4, -0.2) is 4.98 Å². The Kier molecular flexibility index (Phi) is 4.52. The lowest BCUT2D eigenvalue weighted by Crippen LogP contribution is -2.24. The van der Waals surface area contributed by atoms with Gasteiger partial charge in [-0.1, -0.05) is 97.1 Å². The van der Waals surface area contributed by atoms with Crippen LogP contribution in [-0.2, 0) is 0 Å². The van der Waals surface area contributed by atoms with Gasteiger partial charge in [-0.25, -0.2) is 0 Å². The Morgan fingerprint density at radius 1 is 0.421 bits per heavy atom. The molecule has 0 fully saturated rings. The van der Waals surface area contributed by atoms with Crippen LogP contribution in [0.15, 0.2) is 140 Å². The van der Waals surface area contributed by atoms with Crippen LogP contribution in [0.5, 0.6) is 0 Å². The van der Waals surface area contributed by atoms with Gasteiger partial charge in [0.25, 0.3) is 0 Å². The van der Waals surface area contributed by atoms with Gasteiger partial charge in [0.2, 0.25) is 0 Å². The molecule has 1 aromatic heterocycles. The van der Waals surface area contributed by atoms with Crippen LogP contribution in [0.4, 0.5) is 34.1 Å². The summed E-state index contributed by atoms with van der Waals surface area (Å²) < 4.78 is 0. The fraction of sp³-hybridized carbons (Fsp3) is 0. The van der Waals surface area contributed by atoms with Crippen LogP contribution in [0.1, 0.15) is 0 Å². The Bertz CT molecular complexity index is 1990. The molecule has 1 aliphatic heterocycles. The molecule has 8 rings (SSSR count). The molecule has 0 unspecified atom stereocenters. The first kappa shape index (κ1) is 21.0. The van der Waals surface area contributed by atoms with Gasteiger partial charge >= 0.3 is 0 Å². The molecule has 38 heavy (non-hydrogen) atoms. The third-order valence-electron chi connectivity index (χ3n) is 7.54. The number of para-hydroxylation sites is 2. The summed E-state index contributed by atoms with van der Waals surface area (Å²) in [4.78, 5) is 9.69. The molecule has 0 N–H and O–H groups in total. The van der Waals surface area contributed by atoms with Crippen molar-refractivity contribution < 1.29 is 0 Å². The van der Waals surface area contributed by atoms with E-state index in [-0.39, 0.29) is 0 Å². The lowest BCUT2D eigenvalue weighted by atomic mass is 9.97. The smallest absolute Gasteiger partial charge is 0.0782 e. The summed E-state index contributed by atoms with van der Waals surface area (Å²) in [5.41, 5.74) is 7.79. The molecule has 0 radical (unpaired) electrons. The van der Waals surface area contributed by atoms with Crippen molar-refractivity contribution in [2.75, 3.05) is 9.80 Å². The Hall–Kier alpha value is -5.15. The highest BCUT2D eigenvalue weighted by molar-refractivity contribution is 6.17. The Balaban J connectivity index is 1.53. The van der Waals surface area contributed by atoms with Crippen LogP contribution in [0.2, 0.25) is 0 Å². The van der Waals surface area contributed by atoms with Crippen molar-refractivity contribution in [3.05, 3.63) is 140 Å². The minimum atomic E-state index is 0.996. The predicted molar refractivity (Wildman–Crippen MR) is 160 cm³/mol. The quantitative estimate of drug-likeness (QED) is 0.243. The normalized spacial score (nSPS) is 12.6. The van der Waals surface area contributed by atoms with Gasteiger partial charge in [-0.2, -0.15) is 0 Å². The number of anilines is 6. The molecule has 178 valence electrons. The summed E-state index contributed by atoms with van der Waals surface area (Å²) in [5, 5.41) is 5.97. The highest BCUT2D eigenvalue weighted by atomic mass is 15.3. The molecule has 3 heteroatoms. The maximum absolute atomic E-state index is 4.87. The highest BCUT2D eigenvalue weighted by Gasteiger charge is 2.33. The fourth-order valence-corrected chi connectivity index (χ4v) is 5.85. The van der Waals surface area contributed by atoms with E-state index in [2.05, 4.69) is 137 Å². The van der Waals surface area contributed by atoms with Crippen molar-refractivity contribution in [1.82, 2.24) is 4.98 Å². The van der Waals surface area contributed by atoms with Gasteiger partial charge in [-0.05, 0) is 47.2 Å². The van der Waals surface area contributed by atoms with Gasteiger partial charge in [0.1, 0.15) is 0 Å². The average molecular weight is 486 g/mol. The number of rotatable bonds is 2. The van der Waals surface area contributed by atoms with E-state index in [0.717, 1.165) is 39.3 Å². The van der Waals surface area contributed by atoms with Crippen LogP contribution < -0.4 is 9.80 Å². The summed E-state index contributed by atoms with van der Waals surface area (Å²) >= 11 is 0. The van der Waals surface area contributed by atoms with E-state index in [1.807, 2.05) is 12.3 Å². The van der Waals surface area contributed by atoms with E-state index in [4.69, 9.17) is 4.98 Å². The third-order valence-corrected chi connectivity index (χ3v) is 7.54. The molecule has 1 aliphatic rings. The molecule has 3 nitrogen and oxygen atoms in total. The van der Waals surface area contributed by atoms with Crippen LogP contribution in [0.3, 0.4) is 0 Å². The average Bonchev–Trinajstić information content (AvgIpc) is 2.99. The molecule has 0 atom stereocenters. The van der Waals surface area contributed by atoms with Crippen LogP contribution >= 0.6 is 0 Å². The fourth-order valence-electron chi connectivity index (χ4n) is 5.85. The number of benzene rings is 6. The van der Waals surface area contributed by atoms with Gasteiger partial charge in [-0.3, -0.25) is 4.98 Å². The topological polar surface area (TPSA) is 19.4 Å². The molecular formula is C35H23N3. The zero-order valence-corrected chi connectivity index (χ0v) is 20.6. The summed E-state index contributed by atoms with van der Waals surface area (Å²) in [5.74, 6) is 0. The van der Waals surface area contributed by atoms with Crippen molar-refractivity contribution >= 4 is 66.6 Å². The summed E-state index contributed by atoms with van der Waals surface area (Å²) in [6, 6.07) is 47.5. The number of hydrogen-bond acceptors (Lipinski definition) is 3. The standard InChI is InChI=1S/C35H23N3/c1-2-13-27(14-3-1)37-32-20-18-25-11-5-8-16-30(25)35(32)38(28-22-26-12-6-9-17-31(26)36-23-28)33-21-19-24-10-4-7-15-29(24)34(33)37/h1-23H. The molecule has 0 aliphatic carbocycles. The molecule has 0 bridgehead atoms. The summed E-state index contributed by atoms with van der Waals surface area (Å²) in [7, 11) is 0. The Morgan fingerprint density at radius 3 is 1.61 bits per heavy atom. The van der Waals surface area contributed by atoms with Gasteiger partial charge < -0.3 is 9.80 Å². The monoisotopic (exact) mass is 485 g/mol. The Labute approximate surface area is 220 Å². The maximum atomic E-state index is 4.87. The third kappa shape index (κ3) is 3.06. The van der Waals surface area contributed by atoms with E-state index in [9.17, 15) is 0 Å². The van der Waals surface area contributed by atoms with E-state index >= 15 is 0 Å². The second-order valence-corrected chi connectivity index (χ2v) is 9.70. The minimum absolute atomic E-state index is 0.996.